The summed E-state index contributed by atoms with van der Waals surface area (Å²) in [6, 6.07) is 8.21. The highest BCUT2D eigenvalue weighted by atomic mass is 16.5. The third-order valence-corrected chi connectivity index (χ3v) is 3.78. The van der Waals surface area contributed by atoms with Gasteiger partial charge in [0.25, 0.3) is 0 Å². The molecule has 0 amide bonds. The summed E-state index contributed by atoms with van der Waals surface area (Å²) in [5, 5.41) is 3.32. The summed E-state index contributed by atoms with van der Waals surface area (Å²) in [7, 11) is 2.17. The predicted octanol–water partition coefficient (Wildman–Crippen LogP) is 1.51. The third-order valence-electron chi connectivity index (χ3n) is 3.78. The van der Waals surface area contributed by atoms with E-state index in [1.54, 1.807) is 0 Å². The second kappa shape index (κ2) is 5.61. The van der Waals surface area contributed by atoms with E-state index in [9.17, 15) is 0 Å². The molecule has 102 valence electrons. The second-order valence-electron chi connectivity index (χ2n) is 5.27. The fourth-order valence-electron chi connectivity index (χ4n) is 2.63. The van der Waals surface area contributed by atoms with Gasteiger partial charge in [-0.1, -0.05) is 12.1 Å². The molecule has 0 atom stereocenters. The van der Waals surface area contributed by atoms with Crippen molar-refractivity contribution in [2.24, 2.45) is 4.99 Å². The quantitative estimate of drug-likeness (QED) is 0.894. The number of piperidine rings is 1. The van der Waals surface area contributed by atoms with Crippen molar-refractivity contribution < 1.29 is 4.74 Å². The smallest absolute Gasteiger partial charge is 0.132 e. The lowest BCUT2D eigenvalue weighted by atomic mass is 10.1. The molecule has 0 aliphatic carbocycles. The molecule has 4 nitrogen and oxygen atoms in total. The molecule has 2 aliphatic rings. The summed E-state index contributed by atoms with van der Waals surface area (Å²) >= 11 is 0. The van der Waals surface area contributed by atoms with Gasteiger partial charge in [-0.15, -0.1) is 0 Å². The molecule has 0 radical (unpaired) electrons. The van der Waals surface area contributed by atoms with Crippen LogP contribution in [0, 0.1) is 0 Å². The zero-order valence-electron chi connectivity index (χ0n) is 11.4. The first-order valence-electron chi connectivity index (χ1n) is 7.06. The highest BCUT2D eigenvalue weighted by molar-refractivity contribution is 6.02. The monoisotopic (exact) mass is 259 g/mol. The highest BCUT2D eigenvalue weighted by Gasteiger charge is 2.20. The normalized spacial score (nSPS) is 21.0. The van der Waals surface area contributed by atoms with Crippen molar-refractivity contribution in [1.82, 2.24) is 10.2 Å². The Balaban J connectivity index is 1.73. The Morgan fingerprint density at radius 2 is 2.05 bits per heavy atom. The number of amidine groups is 1. The maximum absolute atomic E-state index is 6.20. The molecule has 0 spiro atoms. The Morgan fingerprint density at radius 1 is 1.26 bits per heavy atom. The maximum Gasteiger partial charge on any atom is 0.132 e. The second-order valence-corrected chi connectivity index (χ2v) is 5.27. The van der Waals surface area contributed by atoms with Crippen LogP contribution in [0.25, 0.3) is 0 Å². The minimum absolute atomic E-state index is 0.333. The van der Waals surface area contributed by atoms with Crippen molar-refractivity contribution in [3.63, 3.8) is 0 Å². The maximum atomic E-state index is 6.20. The first-order valence-corrected chi connectivity index (χ1v) is 7.06. The average molecular weight is 259 g/mol. The fourth-order valence-corrected chi connectivity index (χ4v) is 2.63. The van der Waals surface area contributed by atoms with Crippen molar-refractivity contribution in [2.45, 2.75) is 18.9 Å². The van der Waals surface area contributed by atoms with Crippen LogP contribution in [-0.2, 0) is 0 Å². The molecule has 1 N–H and O–H groups in total. The van der Waals surface area contributed by atoms with Crippen LogP contribution >= 0.6 is 0 Å². The Labute approximate surface area is 114 Å². The van der Waals surface area contributed by atoms with Crippen molar-refractivity contribution in [2.75, 3.05) is 33.2 Å². The van der Waals surface area contributed by atoms with Crippen LogP contribution in [-0.4, -0.2) is 50.1 Å². The molecular weight excluding hydrogens is 238 g/mol. The Kier molecular flexibility index (Phi) is 3.69. The number of para-hydroxylation sites is 1. The van der Waals surface area contributed by atoms with Crippen LogP contribution in [0.2, 0.25) is 0 Å². The predicted molar refractivity (Wildman–Crippen MR) is 77.0 cm³/mol. The minimum Gasteiger partial charge on any atom is -0.490 e. The van der Waals surface area contributed by atoms with E-state index in [0.717, 1.165) is 56.2 Å². The molecule has 19 heavy (non-hydrogen) atoms. The van der Waals surface area contributed by atoms with Crippen LogP contribution in [0.1, 0.15) is 18.4 Å². The lowest BCUT2D eigenvalue weighted by Crippen LogP contribution is -2.36. The first kappa shape index (κ1) is 12.5. The number of ether oxygens (including phenoxy) is 1. The van der Waals surface area contributed by atoms with Crippen LogP contribution in [0.3, 0.4) is 0 Å². The number of nitrogens with one attached hydrogen (secondary N) is 1. The number of rotatable bonds is 3. The van der Waals surface area contributed by atoms with Gasteiger partial charge >= 0.3 is 0 Å². The van der Waals surface area contributed by atoms with Crippen LogP contribution in [0.5, 0.6) is 5.75 Å². The van der Waals surface area contributed by atoms with Gasteiger partial charge in [-0.05, 0) is 32.0 Å². The summed E-state index contributed by atoms with van der Waals surface area (Å²) in [6.45, 7) is 4.02. The van der Waals surface area contributed by atoms with Crippen molar-refractivity contribution in [3.8, 4) is 5.75 Å². The van der Waals surface area contributed by atoms with E-state index in [-0.39, 0.29) is 0 Å². The largest absolute Gasteiger partial charge is 0.490 e. The topological polar surface area (TPSA) is 36.9 Å². The molecule has 3 rings (SSSR count). The van der Waals surface area contributed by atoms with Crippen molar-refractivity contribution >= 4 is 5.84 Å². The molecule has 1 fully saturated rings. The Morgan fingerprint density at radius 3 is 2.79 bits per heavy atom. The average Bonchev–Trinajstić information content (AvgIpc) is 2.96. The summed E-state index contributed by atoms with van der Waals surface area (Å²) in [4.78, 5) is 6.84. The molecule has 0 unspecified atom stereocenters. The summed E-state index contributed by atoms with van der Waals surface area (Å²) in [5.74, 6) is 1.94. The van der Waals surface area contributed by atoms with E-state index in [4.69, 9.17) is 4.74 Å². The Bertz CT molecular complexity index is 464. The van der Waals surface area contributed by atoms with Gasteiger partial charge in [0.1, 0.15) is 17.7 Å². The van der Waals surface area contributed by atoms with E-state index >= 15 is 0 Å². The van der Waals surface area contributed by atoms with Crippen LogP contribution < -0.4 is 10.1 Å². The minimum atomic E-state index is 0.333. The molecule has 0 aromatic heterocycles. The molecule has 1 aromatic carbocycles. The van der Waals surface area contributed by atoms with Gasteiger partial charge in [0, 0.05) is 19.6 Å². The molecule has 0 saturated carbocycles. The molecule has 2 aliphatic heterocycles. The third kappa shape index (κ3) is 2.89. The lowest BCUT2D eigenvalue weighted by molar-refractivity contribution is 0.114. The summed E-state index contributed by atoms with van der Waals surface area (Å²) in [6.07, 6.45) is 2.54. The fraction of sp³-hybridized carbons (Fsp3) is 0.533. The van der Waals surface area contributed by atoms with Gasteiger partial charge in [-0.25, -0.2) is 0 Å². The van der Waals surface area contributed by atoms with Crippen molar-refractivity contribution in [1.29, 1.82) is 0 Å². The number of hydrogen-bond acceptors (Lipinski definition) is 4. The molecule has 1 saturated heterocycles. The highest BCUT2D eigenvalue weighted by Crippen LogP contribution is 2.23. The van der Waals surface area contributed by atoms with E-state index in [1.807, 2.05) is 12.1 Å². The van der Waals surface area contributed by atoms with Gasteiger partial charge in [0.2, 0.25) is 0 Å². The molecule has 2 heterocycles. The number of hydrogen-bond donors (Lipinski definition) is 1. The summed E-state index contributed by atoms with van der Waals surface area (Å²) in [5.41, 5.74) is 1.10. The number of benzene rings is 1. The van der Waals surface area contributed by atoms with E-state index in [2.05, 4.69) is 34.4 Å². The van der Waals surface area contributed by atoms with Gasteiger partial charge in [-0.3, -0.25) is 4.99 Å². The van der Waals surface area contributed by atoms with Crippen LogP contribution in [0.15, 0.2) is 29.3 Å². The number of likely N-dealkylation sites (tertiary alicyclic amines) is 1. The van der Waals surface area contributed by atoms with E-state index in [1.165, 1.54) is 0 Å². The Hall–Kier alpha value is -1.55. The molecule has 1 aromatic rings. The zero-order chi connectivity index (χ0) is 13.1. The van der Waals surface area contributed by atoms with Crippen LogP contribution in [0.4, 0.5) is 0 Å². The molecule has 4 heteroatoms. The summed E-state index contributed by atoms with van der Waals surface area (Å²) < 4.78 is 6.20. The van der Waals surface area contributed by atoms with Gasteiger partial charge in [-0.2, -0.15) is 0 Å². The lowest BCUT2D eigenvalue weighted by Gasteiger charge is -2.29. The van der Waals surface area contributed by atoms with Gasteiger partial charge in [0.05, 0.1) is 12.1 Å². The standard InChI is InChI=1S/C15H21N3O/c1-18-10-6-12(7-11-18)19-14-5-3-2-4-13(14)15-16-8-9-17-15/h2-5,12H,6-11H2,1H3,(H,16,17). The molecule has 0 bridgehead atoms. The van der Waals surface area contributed by atoms with Crippen molar-refractivity contribution in [3.05, 3.63) is 29.8 Å². The SMILES string of the molecule is CN1CCC(Oc2ccccc2C2=NCCN2)CC1. The first-order chi connectivity index (χ1) is 9.33. The van der Waals surface area contributed by atoms with Gasteiger partial charge < -0.3 is 15.0 Å². The van der Waals surface area contributed by atoms with E-state index in [0.29, 0.717) is 6.10 Å². The van der Waals surface area contributed by atoms with E-state index < -0.39 is 0 Å². The molecular formula is C15H21N3O. The number of nitrogens with zero attached hydrogens (tertiary/aromatic N) is 2. The van der Waals surface area contributed by atoms with Gasteiger partial charge in [0.15, 0.2) is 0 Å². The number of aliphatic imine (C=N–C) groups is 1. The zero-order valence-corrected chi connectivity index (χ0v) is 11.4.